The lowest BCUT2D eigenvalue weighted by atomic mass is 9.95. The highest BCUT2D eigenvalue weighted by Crippen LogP contribution is 2.36. The largest absolute Gasteiger partial charge is 0.493 e. The molecule has 6 heteroatoms. The van der Waals surface area contributed by atoms with Crippen LogP contribution in [0, 0.1) is 6.92 Å². The molecule has 6 nitrogen and oxygen atoms in total. The van der Waals surface area contributed by atoms with Crippen molar-refractivity contribution in [3.63, 3.8) is 0 Å². The first-order chi connectivity index (χ1) is 13.9. The number of aromatic hydroxyl groups is 1. The smallest absolute Gasteiger partial charge is 0.331 e. The van der Waals surface area contributed by atoms with E-state index in [4.69, 9.17) is 0 Å². The lowest BCUT2D eigenvalue weighted by Crippen LogP contribution is -2.25. The van der Waals surface area contributed by atoms with E-state index in [1.807, 2.05) is 23.1 Å². The van der Waals surface area contributed by atoms with E-state index in [2.05, 4.69) is 25.1 Å². The van der Waals surface area contributed by atoms with Crippen LogP contribution in [0.3, 0.4) is 0 Å². The predicted octanol–water partition coefficient (Wildman–Crippen LogP) is 3.03. The normalized spacial score (nSPS) is 15.8. The van der Waals surface area contributed by atoms with Gasteiger partial charge in [-0.05, 0) is 59.7 Å². The van der Waals surface area contributed by atoms with Crippen molar-refractivity contribution >= 4 is 5.91 Å². The highest BCUT2D eigenvalue weighted by Gasteiger charge is 2.38. The van der Waals surface area contributed by atoms with E-state index in [9.17, 15) is 14.7 Å². The van der Waals surface area contributed by atoms with Crippen molar-refractivity contribution in [1.29, 1.82) is 0 Å². The van der Waals surface area contributed by atoms with Gasteiger partial charge in [0.15, 0.2) is 0 Å². The lowest BCUT2D eigenvalue weighted by Gasteiger charge is -2.13. The van der Waals surface area contributed by atoms with Crippen molar-refractivity contribution in [2.24, 2.45) is 7.05 Å². The van der Waals surface area contributed by atoms with Crippen molar-refractivity contribution in [3.05, 3.63) is 75.3 Å². The van der Waals surface area contributed by atoms with E-state index >= 15 is 0 Å². The highest BCUT2D eigenvalue weighted by molar-refractivity contribution is 5.99. The zero-order valence-electron chi connectivity index (χ0n) is 16.6. The summed E-state index contributed by atoms with van der Waals surface area (Å²) in [6.45, 7) is 3.17. The fourth-order valence-corrected chi connectivity index (χ4v) is 4.22. The number of carbonyl (C=O) groups is 1. The number of amides is 1. The van der Waals surface area contributed by atoms with E-state index in [1.54, 1.807) is 7.05 Å². The van der Waals surface area contributed by atoms with Gasteiger partial charge < -0.3 is 10.0 Å². The van der Waals surface area contributed by atoms with Crippen molar-refractivity contribution in [2.45, 2.75) is 38.9 Å². The molecule has 2 aromatic carbocycles. The van der Waals surface area contributed by atoms with Gasteiger partial charge in [-0.1, -0.05) is 24.3 Å². The number of aryl methyl sites for hydroxylation is 1. The van der Waals surface area contributed by atoms with Crippen molar-refractivity contribution in [2.75, 3.05) is 0 Å². The van der Waals surface area contributed by atoms with Gasteiger partial charge in [0, 0.05) is 25.2 Å². The molecule has 1 saturated carbocycles. The minimum atomic E-state index is -0.243. The predicted molar refractivity (Wildman–Crippen MR) is 110 cm³/mol. The van der Waals surface area contributed by atoms with Crippen LogP contribution in [0.2, 0.25) is 0 Å². The standard InChI is InChI=1S/C23H23N3O3/c1-14-9-15(11-25-13-21(27)24(2)23(25)29)3-7-19(14)16-4-8-20-17(10-16)12-26(22(20)28)18-5-6-18/h3-4,7-10,13,18,27H,5-6,11-12H2,1-2H3. The van der Waals surface area contributed by atoms with Crippen LogP contribution in [0.5, 0.6) is 5.88 Å². The topological polar surface area (TPSA) is 67.5 Å². The third-order valence-corrected chi connectivity index (χ3v) is 6.03. The summed E-state index contributed by atoms with van der Waals surface area (Å²) in [6, 6.07) is 12.7. The van der Waals surface area contributed by atoms with Gasteiger partial charge >= 0.3 is 5.69 Å². The van der Waals surface area contributed by atoms with Gasteiger partial charge in [0.25, 0.3) is 5.91 Å². The molecule has 0 atom stereocenters. The second-order valence-corrected chi connectivity index (χ2v) is 8.14. The van der Waals surface area contributed by atoms with E-state index in [-0.39, 0.29) is 17.5 Å². The minimum absolute atomic E-state index is 0.0451. The summed E-state index contributed by atoms with van der Waals surface area (Å²) in [5.41, 5.74) is 6.03. The maximum atomic E-state index is 12.5. The van der Waals surface area contributed by atoms with Crippen LogP contribution >= 0.6 is 0 Å². The Morgan fingerprint density at radius 1 is 1.07 bits per heavy atom. The maximum absolute atomic E-state index is 12.5. The molecule has 1 fully saturated rings. The SMILES string of the molecule is Cc1cc(Cn2cc(O)n(C)c2=O)ccc1-c1ccc2c(c1)CN(C1CC1)C2=O. The third-order valence-electron chi connectivity index (χ3n) is 6.03. The zero-order chi connectivity index (χ0) is 20.3. The molecule has 1 aliphatic heterocycles. The number of nitrogens with zero attached hydrogens (tertiary/aromatic N) is 3. The van der Waals surface area contributed by atoms with E-state index in [0.717, 1.165) is 46.2 Å². The van der Waals surface area contributed by atoms with Crippen molar-refractivity contribution in [3.8, 4) is 17.0 Å². The number of hydrogen-bond donors (Lipinski definition) is 1. The third kappa shape index (κ3) is 2.95. The van der Waals surface area contributed by atoms with Crippen LogP contribution in [0.25, 0.3) is 11.1 Å². The second kappa shape index (κ2) is 6.37. The molecule has 0 bridgehead atoms. The summed E-state index contributed by atoms with van der Waals surface area (Å²) in [4.78, 5) is 26.7. The Bertz CT molecular complexity index is 1200. The molecule has 1 aromatic heterocycles. The van der Waals surface area contributed by atoms with E-state index in [0.29, 0.717) is 19.1 Å². The van der Waals surface area contributed by atoms with Gasteiger partial charge in [-0.2, -0.15) is 0 Å². The Balaban J connectivity index is 1.43. The molecule has 3 aromatic rings. The number of benzene rings is 2. The van der Waals surface area contributed by atoms with E-state index in [1.165, 1.54) is 15.3 Å². The Hall–Kier alpha value is -3.28. The summed E-state index contributed by atoms with van der Waals surface area (Å²) in [6.07, 6.45) is 3.69. The molecule has 2 aliphatic rings. The van der Waals surface area contributed by atoms with Gasteiger partial charge in [-0.25, -0.2) is 4.79 Å². The summed E-state index contributed by atoms with van der Waals surface area (Å²) in [5.74, 6) is 0.119. The van der Waals surface area contributed by atoms with Gasteiger partial charge in [0.2, 0.25) is 5.88 Å². The average Bonchev–Trinajstić information content (AvgIpc) is 3.45. The van der Waals surface area contributed by atoms with Gasteiger partial charge in [0.05, 0.1) is 12.7 Å². The molecule has 0 spiro atoms. The molecule has 0 saturated heterocycles. The number of rotatable bonds is 4. The Morgan fingerprint density at radius 3 is 2.48 bits per heavy atom. The van der Waals surface area contributed by atoms with Crippen LogP contribution in [-0.2, 0) is 20.1 Å². The molecule has 2 heterocycles. The maximum Gasteiger partial charge on any atom is 0.331 e. The Labute approximate surface area is 168 Å². The summed E-state index contributed by atoms with van der Waals surface area (Å²) >= 11 is 0. The fourth-order valence-electron chi connectivity index (χ4n) is 4.22. The zero-order valence-corrected chi connectivity index (χ0v) is 16.6. The molecule has 5 rings (SSSR count). The minimum Gasteiger partial charge on any atom is -0.493 e. The second-order valence-electron chi connectivity index (χ2n) is 8.14. The lowest BCUT2D eigenvalue weighted by molar-refractivity contribution is 0.0766. The fraction of sp³-hybridized carbons (Fsp3) is 0.304. The van der Waals surface area contributed by atoms with Crippen LogP contribution in [0.4, 0.5) is 0 Å². The van der Waals surface area contributed by atoms with Crippen molar-refractivity contribution in [1.82, 2.24) is 14.0 Å². The first-order valence-corrected chi connectivity index (χ1v) is 9.91. The van der Waals surface area contributed by atoms with Crippen LogP contribution in [0.15, 0.2) is 47.4 Å². The molecule has 0 unspecified atom stereocenters. The average molecular weight is 389 g/mol. The Morgan fingerprint density at radius 2 is 1.83 bits per heavy atom. The van der Waals surface area contributed by atoms with Crippen LogP contribution in [-0.4, -0.2) is 31.1 Å². The summed E-state index contributed by atoms with van der Waals surface area (Å²) in [7, 11) is 1.55. The quantitative estimate of drug-likeness (QED) is 0.746. The number of imidazole rings is 1. The van der Waals surface area contributed by atoms with Gasteiger partial charge in [-0.3, -0.25) is 13.9 Å². The first-order valence-electron chi connectivity index (χ1n) is 9.91. The molecule has 29 heavy (non-hydrogen) atoms. The van der Waals surface area contributed by atoms with Gasteiger partial charge in [-0.15, -0.1) is 0 Å². The van der Waals surface area contributed by atoms with Gasteiger partial charge in [0.1, 0.15) is 0 Å². The molecule has 148 valence electrons. The monoisotopic (exact) mass is 389 g/mol. The number of aromatic nitrogens is 2. The molecule has 1 amide bonds. The van der Waals surface area contributed by atoms with Crippen molar-refractivity contribution < 1.29 is 9.90 Å². The molecule has 0 radical (unpaired) electrons. The highest BCUT2D eigenvalue weighted by atomic mass is 16.3. The van der Waals surface area contributed by atoms with Crippen LogP contribution in [0.1, 0.15) is 39.9 Å². The van der Waals surface area contributed by atoms with E-state index < -0.39 is 0 Å². The first kappa shape index (κ1) is 17.8. The van der Waals surface area contributed by atoms with Crippen LogP contribution < -0.4 is 5.69 Å². The summed E-state index contributed by atoms with van der Waals surface area (Å²) in [5, 5.41) is 9.71. The number of fused-ring (bicyclic) bond motifs is 1. The number of hydrogen-bond acceptors (Lipinski definition) is 3. The number of carbonyl (C=O) groups excluding carboxylic acids is 1. The molecular formula is C23H23N3O3. The summed E-state index contributed by atoms with van der Waals surface area (Å²) < 4.78 is 2.72. The molecule has 1 aliphatic carbocycles. The molecular weight excluding hydrogens is 366 g/mol. The molecule has 1 N–H and O–H groups in total. The Kier molecular flexibility index (Phi) is 3.91.